The number of benzene rings is 2. The first-order chi connectivity index (χ1) is 16.5. The highest BCUT2D eigenvalue weighted by Crippen LogP contribution is 2.39. The van der Waals surface area contributed by atoms with E-state index >= 15 is 0 Å². The standard InChI is InChI=1S/C28H38N2O4/c1-6-11-24(23-14-10-15-29-23)30(19-20(2)16-21-12-8-7-9-13-21)28(31)22-17-25(32-3)27(34-5)26(18-22)33-4/h7-9,12-13,16-18,23-24,29H,6,10-11,14-15,19H2,1-5H3. The molecule has 1 aliphatic rings. The number of hydrogen-bond donors (Lipinski definition) is 1. The molecule has 0 bridgehead atoms. The Hall–Kier alpha value is -2.99. The molecule has 6 nitrogen and oxygen atoms in total. The van der Waals surface area contributed by atoms with E-state index in [1.807, 2.05) is 23.1 Å². The molecule has 3 rings (SSSR count). The molecule has 1 aliphatic heterocycles. The van der Waals surface area contributed by atoms with Crippen molar-refractivity contribution in [2.75, 3.05) is 34.4 Å². The molecule has 1 heterocycles. The van der Waals surface area contributed by atoms with E-state index in [0.717, 1.165) is 43.4 Å². The third-order valence-electron chi connectivity index (χ3n) is 6.35. The average Bonchev–Trinajstić information content (AvgIpc) is 3.40. The second kappa shape index (κ2) is 12.5. The van der Waals surface area contributed by atoms with Crippen LogP contribution in [0.5, 0.6) is 17.2 Å². The lowest BCUT2D eigenvalue weighted by molar-refractivity contribution is 0.0649. The van der Waals surface area contributed by atoms with E-state index in [9.17, 15) is 4.79 Å². The fourth-order valence-electron chi connectivity index (χ4n) is 4.77. The Balaban J connectivity index is 2.01. The van der Waals surface area contributed by atoms with Crippen molar-refractivity contribution in [1.82, 2.24) is 10.2 Å². The lowest BCUT2D eigenvalue weighted by Crippen LogP contribution is -2.50. The van der Waals surface area contributed by atoms with Crippen molar-refractivity contribution in [3.63, 3.8) is 0 Å². The van der Waals surface area contributed by atoms with Gasteiger partial charge in [0.2, 0.25) is 5.75 Å². The maximum Gasteiger partial charge on any atom is 0.254 e. The highest BCUT2D eigenvalue weighted by Gasteiger charge is 2.33. The van der Waals surface area contributed by atoms with Crippen molar-refractivity contribution in [3.8, 4) is 17.2 Å². The molecule has 0 saturated carbocycles. The van der Waals surface area contributed by atoms with E-state index in [1.165, 1.54) is 0 Å². The first-order valence-electron chi connectivity index (χ1n) is 12.1. The molecule has 2 atom stereocenters. The van der Waals surface area contributed by atoms with Gasteiger partial charge < -0.3 is 24.4 Å². The van der Waals surface area contributed by atoms with Gasteiger partial charge in [-0.05, 0) is 50.4 Å². The summed E-state index contributed by atoms with van der Waals surface area (Å²) in [6, 6.07) is 14.1. The highest BCUT2D eigenvalue weighted by atomic mass is 16.5. The Morgan fingerprint density at radius 3 is 2.32 bits per heavy atom. The van der Waals surface area contributed by atoms with Crippen LogP contribution >= 0.6 is 0 Å². The van der Waals surface area contributed by atoms with E-state index < -0.39 is 0 Å². The third kappa shape index (κ3) is 6.11. The molecule has 1 N–H and O–H groups in total. The Bertz CT molecular complexity index is 943. The number of carbonyl (C=O) groups is 1. The topological polar surface area (TPSA) is 60.0 Å². The Labute approximate surface area is 203 Å². The minimum absolute atomic E-state index is 0.0350. The zero-order valence-corrected chi connectivity index (χ0v) is 21.1. The minimum atomic E-state index is -0.0350. The van der Waals surface area contributed by atoms with Gasteiger partial charge in [-0.1, -0.05) is 55.3 Å². The van der Waals surface area contributed by atoms with E-state index in [1.54, 1.807) is 33.5 Å². The molecule has 6 heteroatoms. The summed E-state index contributed by atoms with van der Waals surface area (Å²) in [6.07, 6.45) is 6.30. The second-order valence-electron chi connectivity index (χ2n) is 8.81. The van der Waals surface area contributed by atoms with Gasteiger partial charge in [0.25, 0.3) is 5.91 Å². The number of hydrogen-bond acceptors (Lipinski definition) is 5. The molecule has 2 aromatic rings. The van der Waals surface area contributed by atoms with Gasteiger partial charge in [-0.2, -0.15) is 0 Å². The molecule has 2 unspecified atom stereocenters. The van der Waals surface area contributed by atoms with Crippen molar-refractivity contribution >= 4 is 12.0 Å². The van der Waals surface area contributed by atoms with Crippen molar-refractivity contribution in [1.29, 1.82) is 0 Å². The van der Waals surface area contributed by atoms with Crippen LogP contribution in [0.1, 0.15) is 55.5 Å². The van der Waals surface area contributed by atoms with Crippen LogP contribution in [0.3, 0.4) is 0 Å². The predicted octanol–water partition coefficient (Wildman–Crippen LogP) is 5.18. The smallest absolute Gasteiger partial charge is 0.254 e. The van der Waals surface area contributed by atoms with E-state index in [2.05, 4.69) is 37.4 Å². The van der Waals surface area contributed by atoms with Crippen molar-refractivity contribution in [3.05, 3.63) is 59.2 Å². The van der Waals surface area contributed by atoms with Crippen LogP contribution in [0.25, 0.3) is 6.08 Å². The molecule has 0 aliphatic carbocycles. The summed E-state index contributed by atoms with van der Waals surface area (Å²) in [5.41, 5.74) is 2.79. The molecule has 1 fully saturated rings. The summed E-state index contributed by atoms with van der Waals surface area (Å²) >= 11 is 0. The second-order valence-corrected chi connectivity index (χ2v) is 8.81. The van der Waals surface area contributed by atoms with Crippen molar-refractivity contribution in [2.24, 2.45) is 0 Å². The first-order valence-corrected chi connectivity index (χ1v) is 12.1. The normalized spacial score (nSPS) is 16.7. The number of rotatable bonds is 11. The maximum absolute atomic E-state index is 14.1. The van der Waals surface area contributed by atoms with E-state index in [0.29, 0.717) is 29.4 Å². The molecule has 34 heavy (non-hydrogen) atoms. The van der Waals surface area contributed by atoms with E-state index in [-0.39, 0.29) is 18.0 Å². The van der Waals surface area contributed by atoms with Gasteiger partial charge in [0.1, 0.15) is 0 Å². The summed E-state index contributed by atoms with van der Waals surface area (Å²) in [4.78, 5) is 16.1. The van der Waals surface area contributed by atoms with E-state index in [4.69, 9.17) is 14.2 Å². The summed E-state index contributed by atoms with van der Waals surface area (Å²) in [6.45, 7) is 5.81. The van der Waals surface area contributed by atoms with Crippen LogP contribution in [-0.4, -0.2) is 57.3 Å². The number of methoxy groups -OCH3 is 3. The van der Waals surface area contributed by atoms with Crippen LogP contribution < -0.4 is 19.5 Å². The van der Waals surface area contributed by atoms with Gasteiger partial charge >= 0.3 is 0 Å². The minimum Gasteiger partial charge on any atom is -0.493 e. The van der Waals surface area contributed by atoms with Gasteiger partial charge in [0.05, 0.1) is 21.3 Å². The largest absolute Gasteiger partial charge is 0.493 e. The quantitative estimate of drug-likeness (QED) is 0.495. The molecule has 0 radical (unpaired) electrons. The third-order valence-corrected chi connectivity index (χ3v) is 6.35. The van der Waals surface area contributed by atoms with Gasteiger partial charge in [-0.15, -0.1) is 0 Å². The average molecular weight is 467 g/mol. The maximum atomic E-state index is 14.1. The first kappa shape index (κ1) is 25.6. The monoisotopic (exact) mass is 466 g/mol. The molecule has 1 amide bonds. The zero-order chi connectivity index (χ0) is 24.5. The zero-order valence-electron chi connectivity index (χ0n) is 21.1. The van der Waals surface area contributed by atoms with Crippen LogP contribution in [0.4, 0.5) is 0 Å². The van der Waals surface area contributed by atoms with Crippen molar-refractivity contribution in [2.45, 2.75) is 51.6 Å². The van der Waals surface area contributed by atoms with Gasteiger partial charge in [0.15, 0.2) is 11.5 Å². The summed E-state index contributed by atoms with van der Waals surface area (Å²) in [7, 11) is 4.70. The molecule has 2 aromatic carbocycles. The molecular weight excluding hydrogens is 428 g/mol. The van der Waals surface area contributed by atoms with Crippen LogP contribution in [0.2, 0.25) is 0 Å². The Morgan fingerprint density at radius 1 is 1.12 bits per heavy atom. The summed E-state index contributed by atoms with van der Waals surface area (Å²) in [5.74, 6) is 1.41. The molecular formula is C28H38N2O4. The lowest BCUT2D eigenvalue weighted by Gasteiger charge is -2.36. The molecule has 1 saturated heterocycles. The molecule has 0 aromatic heterocycles. The molecule has 0 spiro atoms. The SMILES string of the molecule is CCCC(C1CCCN1)N(CC(C)=Cc1ccccc1)C(=O)c1cc(OC)c(OC)c(OC)c1. The number of nitrogens with one attached hydrogen (secondary N) is 1. The highest BCUT2D eigenvalue weighted by molar-refractivity contribution is 5.96. The Morgan fingerprint density at radius 2 is 1.79 bits per heavy atom. The number of nitrogens with zero attached hydrogens (tertiary/aromatic N) is 1. The Kier molecular flexibility index (Phi) is 9.40. The molecule has 184 valence electrons. The summed E-state index contributed by atoms with van der Waals surface area (Å²) < 4.78 is 16.5. The fraction of sp³-hybridized carbons (Fsp3) is 0.464. The van der Waals surface area contributed by atoms with Crippen LogP contribution in [0.15, 0.2) is 48.0 Å². The van der Waals surface area contributed by atoms with Crippen molar-refractivity contribution < 1.29 is 19.0 Å². The summed E-state index contributed by atoms with van der Waals surface area (Å²) in [5, 5.41) is 3.63. The lowest BCUT2D eigenvalue weighted by atomic mass is 9.97. The van der Waals surface area contributed by atoms with Gasteiger partial charge in [-0.3, -0.25) is 4.79 Å². The van der Waals surface area contributed by atoms with Gasteiger partial charge in [0, 0.05) is 24.2 Å². The predicted molar refractivity (Wildman–Crippen MR) is 137 cm³/mol. The van der Waals surface area contributed by atoms with Crippen LogP contribution in [0, 0.1) is 0 Å². The number of ether oxygens (including phenoxy) is 3. The number of amides is 1. The number of carbonyl (C=O) groups excluding carboxylic acids is 1. The van der Waals surface area contributed by atoms with Crippen LogP contribution in [-0.2, 0) is 0 Å². The van der Waals surface area contributed by atoms with Gasteiger partial charge in [-0.25, -0.2) is 0 Å². The fourth-order valence-corrected chi connectivity index (χ4v) is 4.77.